The van der Waals surface area contributed by atoms with Crippen LogP contribution in [0.5, 0.6) is 17.2 Å². The van der Waals surface area contributed by atoms with Gasteiger partial charge in [-0.05, 0) is 12.1 Å². The molecule has 0 aliphatic heterocycles. The molecule has 102 valence electrons. The highest BCUT2D eigenvalue weighted by Gasteiger charge is 2.10. The summed E-state index contributed by atoms with van der Waals surface area (Å²) in [6, 6.07) is 2.94. The number of carbonyl (C=O) groups excluding carboxylic acids is 2. The fourth-order valence-corrected chi connectivity index (χ4v) is 1.21. The molecule has 0 aliphatic carbocycles. The number of amides is 2. The van der Waals surface area contributed by atoms with Gasteiger partial charge < -0.3 is 20.3 Å². The molecule has 0 saturated carbocycles. The minimum absolute atomic E-state index is 0.150. The Kier molecular flexibility index (Phi) is 4.69. The van der Waals surface area contributed by atoms with Crippen molar-refractivity contribution in [2.45, 2.75) is 0 Å². The van der Waals surface area contributed by atoms with E-state index in [0.717, 1.165) is 0 Å². The van der Waals surface area contributed by atoms with E-state index in [1.54, 1.807) is 0 Å². The standard InChI is InChI=1S/C11H13N3O5/c1-18-7-3-6(4-8(19-2)9(7)15)5-13-14-11(17)10(12)16/h3-5,15H,1-2H3,(H2,12,16)(H,14,17). The number of phenolic OH excluding ortho intramolecular Hbond substituents is 1. The predicted octanol–water partition coefficient (Wildman–Crippen LogP) is -0.655. The van der Waals surface area contributed by atoms with Crippen LogP contribution in [0.1, 0.15) is 5.56 Å². The number of hydrazone groups is 1. The molecule has 0 atom stereocenters. The smallest absolute Gasteiger partial charge is 0.329 e. The van der Waals surface area contributed by atoms with Gasteiger partial charge in [0.15, 0.2) is 11.5 Å². The fourth-order valence-electron chi connectivity index (χ4n) is 1.21. The van der Waals surface area contributed by atoms with E-state index in [9.17, 15) is 14.7 Å². The van der Waals surface area contributed by atoms with Crippen molar-refractivity contribution in [3.8, 4) is 17.2 Å². The number of rotatable bonds is 4. The largest absolute Gasteiger partial charge is 0.502 e. The summed E-state index contributed by atoms with van der Waals surface area (Å²) in [5.41, 5.74) is 7.14. The van der Waals surface area contributed by atoms with Gasteiger partial charge >= 0.3 is 11.8 Å². The molecule has 0 heterocycles. The minimum Gasteiger partial charge on any atom is -0.502 e. The second-order valence-electron chi connectivity index (χ2n) is 3.34. The zero-order valence-electron chi connectivity index (χ0n) is 10.3. The maximum atomic E-state index is 10.8. The van der Waals surface area contributed by atoms with Crippen molar-refractivity contribution in [2.24, 2.45) is 10.8 Å². The summed E-state index contributed by atoms with van der Waals surface area (Å²) in [5.74, 6) is -1.96. The summed E-state index contributed by atoms with van der Waals surface area (Å²) in [6.45, 7) is 0. The highest BCUT2D eigenvalue weighted by molar-refractivity contribution is 6.34. The van der Waals surface area contributed by atoms with Crippen LogP contribution in [0.15, 0.2) is 17.2 Å². The summed E-state index contributed by atoms with van der Waals surface area (Å²) >= 11 is 0. The molecule has 0 aliphatic rings. The molecule has 0 spiro atoms. The third kappa shape index (κ3) is 3.60. The lowest BCUT2D eigenvalue weighted by Gasteiger charge is -2.09. The number of phenols is 1. The number of nitrogens with zero attached hydrogens (tertiary/aromatic N) is 1. The molecule has 1 aromatic carbocycles. The Labute approximate surface area is 108 Å². The number of carbonyl (C=O) groups is 2. The zero-order chi connectivity index (χ0) is 14.4. The van der Waals surface area contributed by atoms with E-state index < -0.39 is 11.8 Å². The van der Waals surface area contributed by atoms with Gasteiger partial charge in [-0.15, -0.1) is 0 Å². The molecule has 1 aromatic rings. The number of benzene rings is 1. The van der Waals surface area contributed by atoms with Crippen molar-refractivity contribution >= 4 is 18.0 Å². The van der Waals surface area contributed by atoms with Gasteiger partial charge in [0, 0.05) is 5.56 Å². The first-order valence-corrected chi connectivity index (χ1v) is 5.07. The van der Waals surface area contributed by atoms with E-state index in [-0.39, 0.29) is 17.2 Å². The van der Waals surface area contributed by atoms with Gasteiger partial charge in [-0.1, -0.05) is 0 Å². The van der Waals surface area contributed by atoms with E-state index in [0.29, 0.717) is 5.56 Å². The summed E-state index contributed by atoms with van der Waals surface area (Å²) in [7, 11) is 2.76. The molecule has 4 N–H and O–H groups in total. The van der Waals surface area contributed by atoms with Crippen LogP contribution < -0.4 is 20.6 Å². The van der Waals surface area contributed by atoms with E-state index in [4.69, 9.17) is 15.2 Å². The van der Waals surface area contributed by atoms with Gasteiger partial charge in [0.1, 0.15) is 0 Å². The number of ether oxygens (including phenoxy) is 2. The molecule has 2 amide bonds. The number of methoxy groups -OCH3 is 2. The molecule has 0 saturated heterocycles. The van der Waals surface area contributed by atoms with E-state index in [1.807, 2.05) is 5.43 Å². The summed E-state index contributed by atoms with van der Waals surface area (Å²) in [5, 5.41) is 13.2. The monoisotopic (exact) mass is 267 g/mol. The number of nitrogens with two attached hydrogens (primary N) is 1. The Hall–Kier alpha value is -2.77. The zero-order valence-corrected chi connectivity index (χ0v) is 10.3. The third-order valence-electron chi connectivity index (χ3n) is 2.11. The molecule has 0 aromatic heterocycles. The van der Waals surface area contributed by atoms with Gasteiger partial charge in [-0.2, -0.15) is 5.10 Å². The average molecular weight is 267 g/mol. The number of hydrogen-bond donors (Lipinski definition) is 3. The minimum atomic E-state index is -1.14. The van der Waals surface area contributed by atoms with Crippen molar-refractivity contribution in [1.82, 2.24) is 5.43 Å². The summed E-state index contributed by atoms with van der Waals surface area (Å²) in [6.07, 6.45) is 1.24. The fraction of sp³-hybridized carbons (Fsp3) is 0.182. The first-order chi connectivity index (χ1) is 8.99. The predicted molar refractivity (Wildman–Crippen MR) is 66.1 cm³/mol. The summed E-state index contributed by atoms with van der Waals surface area (Å²) in [4.78, 5) is 21.3. The lowest BCUT2D eigenvalue weighted by atomic mass is 10.2. The van der Waals surface area contributed by atoms with Crippen LogP contribution in [0.3, 0.4) is 0 Å². The summed E-state index contributed by atoms with van der Waals surface area (Å²) < 4.78 is 9.88. The maximum absolute atomic E-state index is 10.8. The molecule has 0 unspecified atom stereocenters. The number of hydrogen-bond acceptors (Lipinski definition) is 6. The van der Waals surface area contributed by atoms with Gasteiger partial charge in [-0.3, -0.25) is 9.59 Å². The van der Waals surface area contributed by atoms with Gasteiger partial charge in [-0.25, -0.2) is 5.43 Å². The Morgan fingerprint density at radius 2 is 1.84 bits per heavy atom. The molecule has 8 nitrogen and oxygen atoms in total. The Bertz CT molecular complexity index is 502. The quantitative estimate of drug-likeness (QED) is 0.380. The van der Waals surface area contributed by atoms with Crippen molar-refractivity contribution in [2.75, 3.05) is 14.2 Å². The third-order valence-corrected chi connectivity index (χ3v) is 2.11. The highest BCUT2D eigenvalue weighted by Crippen LogP contribution is 2.36. The number of nitrogens with one attached hydrogen (secondary N) is 1. The molecule has 0 fully saturated rings. The van der Waals surface area contributed by atoms with Crippen LogP contribution in [-0.2, 0) is 9.59 Å². The Morgan fingerprint density at radius 1 is 1.32 bits per heavy atom. The van der Waals surface area contributed by atoms with Crippen molar-refractivity contribution in [3.05, 3.63) is 17.7 Å². The molecular formula is C11H13N3O5. The van der Waals surface area contributed by atoms with Crippen molar-refractivity contribution < 1.29 is 24.2 Å². The van der Waals surface area contributed by atoms with Gasteiger partial charge in [0.05, 0.1) is 20.4 Å². The SMILES string of the molecule is COc1cc(C=NNC(=O)C(N)=O)cc(OC)c1O. The second-order valence-corrected chi connectivity index (χ2v) is 3.34. The average Bonchev–Trinajstić information content (AvgIpc) is 2.39. The van der Waals surface area contributed by atoms with E-state index in [1.165, 1.54) is 32.6 Å². The topological polar surface area (TPSA) is 123 Å². The molecular weight excluding hydrogens is 254 g/mol. The van der Waals surface area contributed by atoms with E-state index >= 15 is 0 Å². The molecule has 1 rings (SSSR count). The van der Waals surface area contributed by atoms with Crippen LogP contribution in [-0.4, -0.2) is 37.4 Å². The van der Waals surface area contributed by atoms with Crippen LogP contribution in [0.25, 0.3) is 0 Å². The maximum Gasteiger partial charge on any atom is 0.329 e. The molecule has 19 heavy (non-hydrogen) atoms. The second kappa shape index (κ2) is 6.24. The van der Waals surface area contributed by atoms with Crippen LogP contribution in [0.2, 0.25) is 0 Å². The van der Waals surface area contributed by atoms with Crippen LogP contribution in [0, 0.1) is 0 Å². The Balaban J connectivity index is 2.92. The van der Waals surface area contributed by atoms with Gasteiger partial charge in [0.25, 0.3) is 0 Å². The first kappa shape index (κ1) is 14.3. The van der Waals surface area contributed by atoms with Crippen molar-refractivity contribution in [3.63, 3.8) is 0 Å². The lowest BCUT2D eigenvalue weighted by molar-refractivity contribution is -0.137. The molecule has 8 heteroatoms. The van der Waals surface area contributed by atoms with Crippen LogP contribution >= 0.6 is 0 Å². The molecule has 0 radical (unpaired) electrons. The number of aromatic hydroxyl groups is 1. The Morgan fingerprint density at radius 3 is 2.26 bits per heavy atom. The van der Waals surface area contributed by atoms with Crippen LogP contribution in [0.4, 0.5) is 0 Å². The van der Waals surface area contributed by atoms with E-state index in [2.05, 4.69) is 5.10 Å². The normalized spacial score (nSPS) is 10.2. The van der Waals surface area contributed by atoms with Crippen molar-refractivity contribution in [1.29, 1.82) is 0 Å². The lowest BCUT2D eigenvalue weighted by Crippen LogP contribution is -2.32. The molecule has 0 bridgehead atoms. The first-order valence-electron chi connectivity index (χ1n) is 5.07. The van der Waals surface area contributed by atoms with Gasteiger partial charge in [0.2, 0.25) is 5.75 Å². The highest BCUT2D eigenvalue weighted by atomic mass is 16.5. The number of primary amides is 1.